The Bertz CT molecular complexity index is 1040. The lowest BCUT2D eigenvalue weighted by atomic mass is 10.1. The van der Waals surface area contributed by atoms with Gasteiger partial charge in [-0.15, -0.1) is 0 Å². The highest BCUT2D eigenvalue weighted by molar-refractivity contribution is 6.76. The van der Waals surface area contributed by atoms with Gasteiger partial charge < -0.3 is 18.9 Å². The Morgan fingerprint density at radius 2 is 1.84 bits per heavy atom. The Labute approximate surface area is 185 Å². The topological polar surface area (TPSA) is 56.6 Å². The van der Waals surface area contributed by atoms with Gasteiger partial charge in [-0.2, -0.15) is 0 Å². The maximum absolute atomic E-state index is 12.7. The molecule has 1 aromatic heterocycles. The van der Waals surface area contributed by atoms with Gasteiger partial charge in [0.05, 0.1) is 5.52 Å². The molecule has 0 aliphatic rings. The molecule has 3 rings (SSSR count). The summed E-state index contributed by atoms with van der Waals surface area (Å²) in [6, 6.07) is 14.8. The zero-order valence-corrected chi connectivity index (χ0v) is 20.4. The minimum Gasteiger partial charge on any atom is -0.487 e. The number of hydrogen-bond donors (Lipinski definition) is 0. The summed E-state index contributed by atoms with van der Waals surface area (Å²) in [5.41, 5.74) is 3.23. The van der Waals surface area contributed by atoms with Crippen molar-refractivity contribution in [1.82, 2.24) is 14.5 Å². The van der Waals surface area contributed by atoms with Crippen LogP contribution in [0, 0.1) is 6.92 Å². The second-order valence-electron chi connectivity index (χ2n) is 9.25. The van der Waals surface area contributed by atoms with Crippen molar-refractivity contribution < 1.29 is 14.3 Å². The van der Waals surface area contributed by atoms with Crippen molar-refractivity contribution >= 4 is 25.0 Å². The minimum absolute atomic E-state index is 0.0727. The molecule has 0 aliphatic carbocycles. The predicted octanol–water partition coefficient (Wildman–Crippen LogP) is 4.94. The van der Waals surface area contributed by atoms with Crippen LogP contribution in [0.2, 0.25) is 25.7 Å². The molecule has 0 fully saturated rings. The van der Waals surface area contributed by atoms with Gasteiger partial charge in [0.25, 0.3) is 5.91 Å². The number of aryl methyl sites for hydroxylation is 1. The Balaban J connectivity index is 1.93. The number of fused-ring (bicyclic) bond motifs is 1. The highest BCUT2D eigenvalue weighted by Gasteiger charge is 2.19. The highest BCUT2D eigenvalue weighted by atomic mass is 28.3. The third-order valence-electron chi connectivity index (χ3n) is 5.12. The van der Waals surface area contributed by atoms with Gasteiger partial charge in [-0.1, -0.05) is 50.0 Å². The van der Waals surface area contributed by atoms with E-state index in [-0.39, 0.29) is 5.91 Å². The lowest BCUT2D eigenvalue weighted by molar-refractivity contribution is 0.0825. The molecular weight excluding hydrogens is 406 g/mol. The molecule has 0 saturated carbocycles. The molecule has 0 atom stereocenters. The molecule has 0 unspecified atom stereocenters. The number of benzene rings is 2. The van der Waals surface area contributed by atoms with Crippen molar-refractivity contribution in [3.05, 3.63) is 59.4 Å². The third kappa shape index (κ3) is 5.95. The molecule has 2 aromatic carbocycles. The van der Waals surface area contributed by atoms with Gasteiger partial charge in [0.1, 0.15) is 30.4 Å². The summed E-state index contributed by atoms with van der Waals surface area (Å²) in [4.78, 5) is 19.0. The molecule has 0 radical (unpaired) electrons. The number of carbonyl (C=O) groups is 1. The largest absolute Gasteiger partial charge is 0.487 e. The van der Waals surface area contributed by atoms with Crippen molar-refractivity contribution in [2.45, 2.75) is 45.9 Å². The molecule has 7 heteroatoms. The van der Waals surface area contributed by atoms with E-state index in [4.69, 9.17) is 14.5 Å². The van der Waals surface area contributed by atoms with Crippen LogP contribution in [-0.2, 0) is 18.1 Å². The molecule has 0 N–H and O–H groups in total. The normalized spacial score (nSPS) is 11.7. The minimum atomic E-state index is -1.16. The second kappa shape index (κ2) is 9.66. The van der Waals surface area contributed by atoms with Gasteiger partial charge in [0, 0.05) is 34.3 Å². The number of rotatable bonds is 9. The monoisotopic (exact) mass is 439 g/mol. The fourth-order valence-corrected chi connectivity index (χ4v) is 3.99. The van der Waals surface area contributed by atoms with E-state index in [1.807, 2.05) is 47.9 Å². The quantitative estimate of drug-likeness (QED) is 0.350. The summed E-state index contributed by atoms with van der Waals surface area (Å²) in [6.45, 7) is 10.5. The predicted molar refractivity (Wildman–Crippen MR) is 127 cm³/mol. The molecule has 0 bridgehead atoms. The van der Waals surface area contributed by atoms with Gasteiger partial charge in [-0.25, -0.2) is 4.98 Å². The Morgan fingerprint density at radius 3 is 2.48 bits per heavy atom. The van der Waals surface area contributed by atoms with Gasteiger partial charge in [-0.05, 0) is 30.7 Å². The fraction of sp³-hybridized carbons (Fsp3) is 0.417. The van der Waals surface area contributed by atoms with Crippen molar-refractivity contribution in [3.63, 3.8) is 0 Å². The van der Waals surface area contributed by atoms with Crippen molar-refractivity contribution in [2.24, 2.45) is 0 Å². The Hall–Kier alpha value is -2.64. The van der Waals surface area contributed by atoms with E-state index < -0.39 is 8.07 Å². The number of aromatic nitrogens is 2. The number of amides is 1. The number of nitrogens with zero attached hydrogens (tertiary/aromatic N) is 3. The number of carbonyl (C=O) groups excluding carboxylic acids is 1. The molecule has 1 heterocycles. The molecule has 1 amide bonds. The van der Waals surface area contributed by atoms with Crippen LogP contribution in [0.25, 0.3) is 11.0 Å². The highest BCUT2D eigenvalue weighted by Crippen LogP contribution is 2.29. The lowest BCUT2D eigenvalue weighted by Crippen LogP contribution is -2.22. The summed E-state index contributed by atoms with van der Waals surface area (Å²) >= 11 is 0. The maximum atomic E-state index is 12.7. The lowest BCUT2D eigenvalue weighted by Gasteiger charge is -2.16. The van der Waals surface area contributed by atoms with Crippen molar-refractivity contribution in [1.29, 1.82) is 0 Å². The standard InChI is InChI=1S/C24H33N3O3Si/c1-18-25-23-21(27(18)17-29-12-13-31(4,5)6)14-20(24(28)26(2)3)15-22(23)30-16-19-10-8-7-9-11-19/h7-11,14-15H,12-13,16-17H2,1-6H3. The third-order valence-corrected chi connectivity index (χ3v) is 6.82. The maximum Gasteiger partial charge on any atom is 0.253 e. The van der Waals surface area contributed by atoms with E-state index in [0.29, 0.717) is 24.7 Å². The van der Waals surface area contributed by atoms with Crippen LogP contribution in [-0.4, -0.2) is 49.1 Å². The molecule has 166 valence electrons. The summed E-state index contributed by atoms with van der Waals surface area (Å²) < 4.78 is 14.1. The Morgan fingerprint density at radius 1 is 1.13 bits per heavy atom. The van der Waals surface area contributed by atoms with Crippen molar-refractivity contribution in [3.8, 4) is 5.75 Å². The van der Waals surface area contributed by atoms with E-state index in [1.165, 1.54) is 0 Å². The van der Waals surface area contributed by atoms with E-state index in [2.05, 4.69) is 19.6 Å². The molecule has 0 aliphatic heterocycles. The number of imidazole rings is 1. The first-order chi connectivity index (χ1) is 14.7. The van der Waals surface area contributed by atoms with E-state index >= 15 is 0 Å². The van der Waals surface area contributed by atoms with Crippen LogP contribution in [0.3, 0.4) is 0 Å². The average molecular weight is 440 g/mol. The van der Waals surface area contributed by atoms with Crippen LogP contribution >= 0.6 is 0 Å². The van der Waals surface area contributed by atoms with Gasteiger partial charge >= 0.3 is 0 Å². The summed E-state index contributed by atoms with van der Waals surface area (Å²) in [7, 11) is 2.34. The summed E-state index contributed by atoms with van der Waals surface area (Å²) in [6.07, 6.45) is 0. The SMILES string of the molecule is Cc1nc2c(OCc3ccccc3)cc(C(=O)N(C)C)cc2n1COCC[Si](C)(C)C. The summed E-state index contributed by atoms with van der Waals surface area (Å²) in [5.74, 6) is 1.37. The zero-order chi connectivity index (χ0) is 22.6. The fourth-order valence-electron chi connectivity index (χ4n) is 3.23. The molecule has 0 saturated heterocycles. The zero-order valence-electron chi connectivity index (χ0n) is 19.4. The van der Waals surface area contributed by atoms with Gasteiger partial charge in [0.2, 0.25) is 0 Å². The number of ether oxygens (including phenoxy) is 2. The molecule has 6 nitrogen and oxygen atoms in total. The van der Waals surface area contributed by atoms with Crippen LogP contribution in [0.5, 0.6) is 5.75 Å². The first-order valence-electron chi connectivity index (χ1n) is 10.6. The van der Waals surface area contributed by atoms with E-state index in [1.54, 1.807) is 25.1 Å². The average Bonchev–Trinajstić information content (AvgIpc) is 3.04. The van der Waals surface area contributed by atoms with Crippen LogP contribution in [0.15, 0.2) is 42.5 Å². The molecule has 31 heavy (non-hydrogen) atoms. The molecule has 3 aromatic rings. The smallest absolute Gasteiger partial charge is 0.253 e. The molecule has 0 spiro atoms. The van der Waals surface area contributed by atoms with Crippen molar-refractivity contribution in [2.75, 3.05) is 20.7 Å². The van der Waals surface area contributed by atoms with Gasteiger partial charge in [0.15, 0.2) is 0 Å². The van der Waals surface area contributed by atoms with Crippen LogP contribution in [0.1, 0.15) is 21.7 Å². The first kappa shape index (κ1) is 23.0. The Kier molecular flexibility index (Phi) is 7.18. The number of hydrogen-bond acceptors (Lipinski definition) is 4. The van der Waals surface area contributed by atoms with Crippen LogP contribution in [0.4, 0.5) is 0 Å². The van der Waals surface area contributed by atoms with E-state index in [0.717, 1.165) is 35.1 Å². The van der Waals surface area contributed by atoms with E-state index in [9.17, 15) is 4.79 Å². The van der Waals surface area contributed by atoms with Gasteiger partial charge in [-0.3, -0.25) is 4.79 Å². The van der Waals surface area contributed by atoms with Crippen LogP contribution < -0.4 is 4.74 Å². The molecular formula is C24H33N3O3Si. The first-order valence-corrected chi connectivity index (χ1v) is 14.3. The second-order valence-corrected chi connectivity index (χ2v) is 14.9. The summed E-state index contributed by atoms with van der Waals surface area (Å²) in [5, 5.41) is 0.